The molecule has 3 aromatic carbocycles. The highest BCUT2D eigenvalue weighted by Crippen LogP contribution is 2.39. The minimum atomic E-state index is -0.381. The van der Waals surface area contributed by atoms with Crippen LogP contribution < -0.4 is 0 Å². The normalized spacial score (nSPS) is 12.6. The molecule has 0 spiro atoms. The fourth-order valence-electron chi connectivity index (χ4n) is 2.39. The van der Waals surface area contributed by atoms with Crippen LogP contribution in [0, 0.1) is 5.82 Å². The Balaban J connectivity index is 2.21. The summed E-state index contributed by atoms with van der Waals surface area (Å²) in [5.74, 6) is -0.381. The van der Waals surface area contributed by atoms with Crippen LogP contribution in [0.3, 0.4) is 0 Å². The van der Waals surface area contributed by atoms with Crippen molar-refractivity contribution < 1.29 is 4.39 Å². The summed E-state index contributed by atoms with van der Waals surface area (Å²) in [5, 5.41) is 2.31. The van der Waals surface area contributed by atoms with Crippen molar-refractivity contribution in [2.75, 3.05) is 0 Å². The molecule has 0 radical (unpaired) electrons. The highest BCUT2D eigenvalue weighted by Gasteiger charge is 2.19. The van der Waals surface area contributed by atoms with Crippen molar-refractivity contribution in [3.8, 4) is 0 Å². The van der Waals surface area contributed by atoms with Crippen molar-refractivity contribution in [2.45, 2.75) is 4.83 Å². The lowest BCUT2D eigenvalue weighted by atomic mass is 9.98. The summed E-state index contributed by atoms with van der Waals surface area (Å²) in [6, 6.07) is 17.1. The topological polar surface area (TPSA) is 0 Å². The summed E-state index contributed by atoms with van der Waals surface area (Å²) < 4.78 is 15.3. The molecule has 0 aliphatic heterocycles. The average Bonchev–Trinajstić information content (AvgIpc) is 2.50. The molecule has 0 aromatic heterocycles. The number of rotatable bonds is 2. The molecule has 1 unspecified atom stereocenters. The van der Waals surface area contributed by atoms with Crippen molar-refractivity contribution in [3.05, 3.63) is 81.0 Å². The number of halogens is 4. The average molecular weight is 429 g/mol. The summed E-state index contributed by atoms with van der Waals surface area (Å²) in [5.41, 5.74) is 1.55. The van der Waals surface area contributed by atoms with E-state index in [0.29, 0.717) is 5.56 Å². The number of fused-ring (bicyclic) bond motifs is 1. The van der Waals surface area contributed by atoms with Gasteiger partial charge in [-0.1, -0.05) is 85.9 Å². The molecule has 0 saturated carbocycles. The Morgan fingerprint density at radius 3 is 2.33 bits per heavy atom. The van der Waals surface area contributed by atoms with E-state index in [4.69, 9.17) is 11.6 Å². The van der Waals surface area contributed by atoms with Crippen molar-refractivity contribution in [2.24, 2.45) is 0 Å². The Morgan fingerprint density at radius 1 is 0.857 bits per heavy atom. The van der Waals surface area contributed by atoms with Gasteiger partial charge in [-0.2, -0.15) is 0 Å². The first-order chi connectivity index (χ1) is 10.1. The van der Waals surface area contributed by atoms with Crippen LogP contribution in [0.15, 0.2) is 59.1 Å². The summed E-state index contributed by atoms with van der Waals surface area (Å²) in [6.07, 6.45) is 0. The molecule has 0 bridgehead atoms. The molecule has 0 fully saturated rings. The maximum absolute atomic E-state index is 14.2. The first kappa shape index (κ1) is 15.0. The van der Waals surface area contributed by atoms with Gasteiger partial charge < -0.3 is 0 Å². The third kappa shape index (κ3) is 2.75. The highest BCUT2D eigenvalue weighted by molar-refractivity contribution is 9.10. The van der Waals surface area contributed by atoms with E-state index in [2.05, 4.69) is 31.9 Å². The second kappa shape index (κ2) is 6.07. The van der Waals surface area contributed by atoms with E-state index in [1.807, 2.05) is 36.4 Å². The van der Waals surface area contributed by atoms with Gasteiger partial charge in [0.15, 0.2) is 0 Å². The van der Waals surface area contributed by atoms with E-state index < -0.39 is 0 Å². The van der Waals surface area contributed by atoms with Crippen LogP contribution in [0.4, 0.5) is 4.39 Å². The van der Waals surface area contributed by atoms with Gasteiger partial charge in [0, 0.05) is 10.0 Å². The monoisotopic (exact) mass is 426 g/mol. The molecule has 3 rings (SSSR count). The minimum absolute atomic E-state index is 0.137. The Bertz CT molecular complexity index is 817. The molecule has 0 amide bonds. The lowest BCUT2D eigenvalue weighted by Crippen LogP contribution is -1.98. The standard InChI is InChI=1S/C17H10Br2ClF/c18-14-9-8-12(10-4-1-2-5-11(10)14)16(19)13-6-3-7-15(20)17(13)21/h1-9,16H. The molecule has 0 nitrogen and oxygen atoms in total. The first-order valence-electron chi connectivity index (χ1n) is 6.34. The van der Waals surface area contributed by atoms with Gasteiger partial charge in [-0.05, 0) is 28.5 Å². The second-order valence-electron chi connectivity index (χ2n) is 4.69. The van der Waals surface area contributed by atoms with Crippen LogP contribution in [-0.4, -0.2) is 0 Å². The largest absolute Gasteiger partial charge is 0.205 e. The van der Waals surface area contributed by atoms with Crippen LogP contribution in [0.1, 0.15) is 16.0 Å². The van der Waals surface area contributed by atoms with E-state index in [-0.39, 0.29) is 15.7 Å². The molecular formula is C17H10Br2ClF. The van der Waals surface area contributed by atoms with Gasteiger partial charge in [-0.15, -0.1) is 0 Å². The summed E-state index contributed by atoms with van der Waals surface area (Å²) in [4.78, 5) is -0.255. The molecule has 0 aliphatic carbocycles. The molecule has 0 heterocycles. The van der Waals surface area contributed by atoms with Crippen molar-refractivity contribution in [3.63, 3.8) is 0 Å². The predicted octanol–water partition coefficient (Wildman–Crippen LogP) is 6.88. The van der Waals surface area contributed by atoms with Gasteiger partial charge in [0.1, 0.15) is 5.82 Å². The van der Waals surface area contributed by atoms with E-state index in [1.54, 1.807) is 18.2 Å². The van der Waals surface area contributed by atoms with Gasteiger partial charge in [-0.3, -0.25) is 0 Å². The molecule has 4 heteroatoms. The predicted molar refractivity (Wildman–Crippen MR) is 93.8 cm³/mol. The lowest BCUT2D eigenvalue weighted by Gasteiger charge is -2.15. The Kier molecular flexibility index (Phi) is 4.34. The third-order valence-electron chi connectivity index (χ3n) is 3.43. The quantitative estimate of drug-likeness (QED) is 0.390. The molecule has 0 aliphatic rings. The maximum Gasteiger partial charge on any atom is 0.146 e. The zero-order chi connectivity index (χ0) is 15.0. The summed E-state index contributed by atoms with van der Waals surface area (Å²) >= 11 is 13.0. The third-order valence-corrected chi connectivity index (χ3v) is 5.40. The smallest absolute Gasteiger partial charge is 0.146 e. The number of benzene rings is 3. The molecule has 0 saturated heterocycles. The fraction of sp³-hybridized carbons (Fsp3) is 0.0588. The zero-order valence-electron chi connectivity index (χ0n) is 10.8. The Hall–Kier alpha value is -0.900. The molecule has 1 atom stereocenters. The van der Waals surface area contributed by atoms with Gasteiger partial charge in [0.05, 0.1) is 9.85 Å². The molecular weight excluding hydrogens is 418 g/mol. The Morgan fingerprint density at radius 2 is 1.57 bits per heavy atom. The van der Waals surface area contributed by atoms with Gasteiger partial charge >= 0.3 is 0 Å². The summed E-state index contributed by atoms with van der Waals surface area (Å²) in [7, 11) is 0. The molecule has 0 N–H and O–H groups in total. The van der Waals surface area contributed by atoms with Crippen molar-refractivity contribution in [1.82, 2.24) is 0 Å². The number of hydrogen-bond donors (Lipinski definition) is 0. The maximum atomic E-state index is 14.2. The van der Waals surface area contributed by atoms with E-state index in [1.165, 1.54) is 0 Å². The van der Waals surface area contributed by atoms with Crippen LogP contribution in [0.5, 0.6) is 0 Å². The lowest BCUT2D eigenvalue weighted by molar-refractivity contribution is 0.614. The highest BCUT2D eigenvalue weighted by atomic mass is 79.9. The number of alkyl halides is 1. The minimum Gasteiger partial charge on any atom is -0.205 e. The SMILES string of the molecule is Fc1c(Cl)cccc1C(Br)c1ccc(Br)c2ccccc12. The van der Waals surface area contributed by atoms with Gasteiger partial charge in [0.2, 0.25) is 0 Å². The van der Waals surface area contributed by atoms with Gasteiger partial charge in [-0.25, -0.2) is 4.39 Å². The van der Waals surface area contributed by atoms with Crippen LogP contribution in [-0.2, 0) is 0 Å². The van der Waals surface area contributed by atoms with Crippen LogP contribution in [0.2, 0.25) is 5.02 Å². The van der Waals surface area contributed by atoms with Gasteiger partial charge in [0.25, 0.3) is 0 Å². The van der Waals surface area contributed by atoms with E-state index in [0.717, 1.165) is 20.8 Å². The van der Waals surface area contributed by atoms with Crippen molar-refractivity contribution in [1.29, 1.82) is 0 Å². The summed E-state index contributed by atoms with van der Waals surface area (Å²) in [6.45, 7) is 0. The van der Waals surface area contributed by atoms with E-state index in [9.17, 15) is 4.39 Å². The number of hydrogen-bond acceptors (Lipinski definition) is 0. The fourth-order valence-corrected chi connectivity index (χ4v) is 3.80. The Labute approximate surface area is 144 Å². The van der Waals surface area contributed by atoms with Crippen LogP contribution >= 0.6 is 43.5 Å². The van der Waals surface area contributed by atoms with E-state index >= 15 is 0 Å². The second-order valence-corrected chi connectivity index (χ2v) is 6.87. The van der Waals surface area contributed by atoms with Crippen LogP contribution in [0.25, 0.3) is 10.8 Å². The molecule has 21 heavy (non-hydrogen) atoms. The van der Waals surface area contributed by atoms with Crippen molar-refractivity contribution >= 4 is 54.2 Å². The first-order valence-corrected chi connectivity index (χ1v) is 8.43. The molecule has 3 aromatic rings. The molecule has 106 valence electrons. The zero-order valence-corrected chi connectivity index (χ0v) is 14.7.